The van der Waals surface area contributed by atoms with E-state index >= 15 is 0 Å². The Bertz CT molecular complexity index is 1090. The molecule has 0 saturated carbocycles. The molecule has 0 unspecified atom stereocenters. The zero-order valence-electron chi connectivity index (χ0n) is 18.1. The van der Waals surface area contributed by atoms with Crippen LogP contribution in [0, 0.1) is 0 Å². The summed E-state index contributed by atoms with van der Waals surface area (Å²) in [5.74, 6) is 0. The van der Waals surface area contributed by atoms with Crippen molar-refractivity contribution < 1.29 is 21.9 Å². The molecule has 1 aliphatic rings. The van der Waals surface area contributed by atoms with E-state index in [1.54, 1.807) is 31.4 Å². The molecule has 1 N–H and O–H groups in total. The van der Waals surface area contributed by atoms with Crippen LogP contribution in [-0.2, 0) is 25.6 Å². The van der Waals surface area contributed by atoms with Crippen LogP contribution in [0.1, 0.15) is 19.4 Å². The maximum atomic E-state index is 13.0. The molecule has 2 heterocycles. The molecule has 1 atom stereocenters. The van der Waals surface area contributed by atoms with Gasteiger partial charge in [0.25, 0.3) is 10.0 Å². The third-order valence-corrected chi connectivity index (χ3v) is 9.99. The number of piperazine rings is 1. The second-order valence-corrected chi connectivity index (χ2v) is 13.5. The van der Waals surface area contributed by atoms with Crippen LogP contribution in [0.3, 0.4) is 0 Å². The van der Waals surface area contributed by atoms with Gasteiger partial charge in [0.2, 0.25) is 10.0 Å². The Kier molecular flexibility index (Phi) is 6.85. The van der Waals surface area contributed by atoms with Gasteiger partial charge in [0.1, 0.15) is 4.21 Å². The number of thiophene rings is 1. The highest BCUT2D eigenvalue weighted by atomic mass is 32.2. The molecule has 0 aliphatic carbocycles. The van der Waals surface area contributed by atoms with Crippen molar-refractivity contribution in [2.45, 2.75) is 29.7 Å². The standard InChI is InChI=1S/C20H29N3O5S3/c1-20(2,24)16-7-9-17(10-8-16)23-12-11-22(31(27,28)19-6-5-13-29-19)15-18(23)14-21(3)30(4,25)26/h5-10,13,18,24H,11-12,14-15H2,1-4H3/t18-/m0/s1. The van der Waals surface area contributed by atoms with Gasteiger partial charge in [-0.15, -0.1) is 11.3 Å². The van der Waals surface area contributed by atoms with Crippen molar-refractivity contribution in [2.75, 3.05) is 44.4 Å². The topological polar surface area (TPSA) is 98.2 Å². The van der Waals surface area contributed by atoms with E-state index in [1.165, 1.54) is 27.0 Å². The number of sulfonamides is 2. The van der Waals surface area contributed by atoms with Crippen LogP contribution in [0.2, 0.25) is 0 Å². The van der Waals surface area contributed by atoms with Gasteiger partial charge in [-0.3, -0.25) is 0 Å². The number of hydrogen-bond donors (Lipinski definition) is 1. The maximum absolute atomic E-state index is 13.0. The predicted molar refractivity (Wildman–Crippen MR) is 123 cm³/mol. The summed E-state index contributed by atoms with van der Waals surface area (Å²) in [6, 6.07) is 10.3. The van der Waals surface area contributed by atoms with E-state index in [0.717, 1.165) is 17.5 Å². The summed E-state index contributed by atoms with van der Waals surface area (Å²) < 4.78 is 53.1. The summed E-state index contributed by atoms with van der Waals surface area (Å²) in [7, 11) is -5.56. The van der Waals surface area contributed by atoms with Crippen LogP contribution in [0.15, 0.2) is 46.0 Å². The molecule has 0 spiro atoms. The first kappa shape index (κ1) is 24.1. The van der Waals surface area contributed by atoms with Crippen molar-refractivity contribution in [1.29, 1.82) is 0 Å². The van der Waals surface area contributed by atoms with Gasteiger partial charge in [-0.25, -0.2) is 21.1 Å². The Labute approximate surface area is 188 Å². The molecule has 1 aromatic carbocycles. The summed E-state index contributed by atoms with van der Waals surface area (Å²) in [6.45, 7) is 4.47. The number of rotatable bonds is 7. The monoisotopic (exact) mass is 487 g/mol. The van der Waals surface area contributed by atoms with E-state index in [1.807, 2.05) is 29.2 Å². The molecule has 1 aliphatic heterocycles. The average Bonchev–Trinajstić information content (AvgIpc) is 3.22. The summed E-state index contributed by atoms with van der Waals surface area (Å²) in [5, 5.41) is 11.9. The van der Waals surface area contributed by atoms with Gasteiger partial charge >= 0.3 is 0 Å². The molecule has 1 fully saturated rings. The van der Waals surface area contributed by atoms with Crippen molar-refractivity contribution in [2.24, 2.45) is 0 Å². The lowest BCUT2D eigenvalue weighted by atomic mass is 9.98. The van der Waals surface area contributed by atoms with E-state index in [9.17, 15) is 21.9 Å². The van der Waals surface area contributed by atoms with Crippen molar-refractivity contribution in [3.8, 4) is 0 Å². The number of anilines is 1. The normalized spacial score (nSPS) is 19.2. The first-order valence-electron chi connectivity index (χ1n) is 9.84. The van der Waals surface area contributed by atoms with Crippen molar-refractivity contribution in [3.05, 3.63) is 47.3 Å². The molecule has 0 amide bonds. The van der Waals surface area contributed by atoms with Crippen LogP contribution in [0.5, 0.6) is 0 Å². The van der Waals surface area contributed by atoms with Crippen LogP contribution in [-0.4, -0.2) is 76.1 Å². The average molecular weight is 488 g/mol. The SMILES string of the molecule is CN(C[C@H]1CN(S(=O)(=O)c2cccs2)CCN1c1ccc(C(C)(C)O)cc1)S(C)(=O)=O. The molecule has 11 heteroatoms. The smallest absolute Gasteiger partial charge is 0.252 e. The first-order valence-corrected chi connectivity index (χ1v) is 14.0. The summed E-state index contributed by atoms with van der Waals surface area (Å²) >= 11 is 1.17. The van der Waals surface area contributed by atoms with E-state index in [-0.39, 0.29) is 23.3 Å². The number of benzene rings is 1. The zero-order chi connectivity index (χ0) is 23.0. The Morgan fingerprint density at radius 1 is 1.13 bits per heavy atom. The lowest BCUT2D eigenvalue weighted by molar-refractivity contribution is 0.0786. The van der Waals surface area contributed by atoms with E-state index in [0.29, 0.717) is 13.1 Å². The number of aliphatic hydroxyl groups is 1. The molecule has 8 nitrogen and oxygen atoms in total. The molecule has 0 radical (unpaired) electrons. The molecule has 2 aromatic rings. The Morgan fingerprint density at radius 2 is 1.77 bits per heavy atom. The van der Waals surface area contributed by atoms with Gasteiger partial charge in [-0.05, 0) is 43.0 Å². The number of likely N-dealkylation sites (N-methyl/N-ethyl adjacent to an activating group) is 1. The number of hydrogen-bond acceptors (Lipinski definition) is 7. The van der Waals surface area contributed by atoms with Crippen LogP contribution in [0.4, 0.5) is 5.69 Å². The van der Waals surface area contributed by atoms with Crippen LogP contribution in [0.25, 0.3) is 0 Å². The Morgan fingerprint density at radius 3 is 2.29 bits per heavy atom. The molecule has 31 heavy (non-hydrogen) atoms. The summed E-state index contributed by atoms with van der Waals surface area (Å²) in [6.07, 6.45) is 1.14. The fourth-order valence-corrected chi connectivity index (χ4v) is 6.63. The van der Waals surface area contributed by atoms with Gasteiger partial charge < -0.3 is 10.0 Å². The van der Waals surface area contributed by atoms with E-state index in [2.05, 4.69) is 0 Å². The second kappa shape index (κ2) is 8.80. The molecule has 1 saturated heterocycles. The van der Waals surface area contributed by atoms with Crippen LogP contribution >= 0.6 is 11.3 Å². The molecular formula is C20H29N3O5S3. The second-order valence-electron chi connectivity index (χ2n) is 8.29. The van der Waals surface area contributed by atoms with Crippen molar-refractivity contribution >= 4 is 37.1 Å². The van der Waals surface area contributed by atoms with E-state index in [4.69, 9.17) is 0 Å². The third-order valence-electron chi connectivity index (χ3n) is 5.47. The molecular weight excluding hydrogens is 458 g/mol. The van der Waals surface area contributed by atoms with E-state index < -0.39 is 25.6 Å². The molecule has 172 valence electrons. The fraction of sp³-hybridized carbons (Fsp3) is 0.500. The van der Waals surface area contributed by atoms with Gasteiger partial charge in [-0.2, -0.15) is 4.31 Å². The molecule has 3 rings (SSSR count). The highest BCUT2D eigenvalue weighted by molar-refractivity contribution is 7.91. The van der Waals surface area contributed by atoms with Gasteiger partial charge in [0.15, 0.2) is 0 Å². The zero-order valence-corrected chi connectivity index (χ0v) is 20.5. The quantitative estimate of drug-likeness (QED) is 0.639. The number of nitrogens with zero attached hydrogens (tertiary/aromatic N) is 3. The van der Waals surface area contributed by atoms with Gasteiger partial charge in [0, 0.05) is 38.9 Å². The molecule has 0 bridgehead atoms. The van der Waals surface area contributed by atoms with Crippen molar-refractivity contribution in [3.63, 3.8) is 0 Å². The first-order chi connectivity index (χ1) is 14.3. The largest absolute Gasteiger partial charge is 0.386 e. The summed E-state index contributed by atoms with van der Waals surface area (Å²) in [4.78, 5) is 2.04. The summed E-state index contributed by atoms with van der Waals surface area (Å²) in [5.41, 5.74) is 0.648. The minimum atomic E-state index is -3.63. The predicted octanol–water partition coefficient (Wildman–Crippen LogP) is 1.75. The lowest BCUT2D eigenvalue weighted by Crippen LogP contribution is -2.58. The van der Waals surface area contributed by atoms with Crippen molar-refractivity contribution in [1.82, 2.24) is 8.61 Å². The minimum absolute atomic E-state index is 0.155. The lowest BCUT2D eigenvalue weighted by Gasteiger charge is -2.43. The fourth-order valence-electron chi connectivity index (χ4n) is 3.57. The highest BCUT2D eigenvalue weighted by Gasteiger charge is 2.36. The van der Waals surface area contributed by atoms with Gasteiger partial charge in [0.05, 0.1) is 17.9 Å². The Balaban J connectivity index is 1.90. The Hall–Kier alpha value is -1.50. The van der Waals surface area contributed by atoms with Gasteiger partial charge in [-0.1, -0.05) is 18.2 Å². The minimum Gasteiger partial charge on any atom is -0.386 e. The van der Waals surface area contributed by atoms with Crippen LogP contribution < -0.4 is 4.90 Å². The molecule has 1 aromatic heterocycles. The highest BCUT2D eigenvalue weighted by Crippen LogP contribution is 2.29. The maximum Gasteiger partial charge on any atom is 0.252 e. The third kappa shape index (κ3) is 5.47.